The molecule has 2 nitrogen and oxygen atoms in total. The molecule has 2 heteroatoms. The second kappa shape index (κ2) is 5.26. The number of rotatable bonds is 4. The standard InChI is InChI=1S/C20H24O2/c21-19(22)18(7-6-14-4-2-1-3-5-14)20-11-15-8-16(12-20)10-17(9-15)13-20/h1-7,15-18H,8-13H2,(H,21,22)/b7-6+. The van der Waals surface area contributed by atoms with Crippen LogP contribution in [0.2, 0.25) is 0 Å². The van der Waals surface area contributed by atoms with Crippen LogP contribution in [0.5, 0.6) is 0 Å². The van der Waals surface area contributed by atoms with Crippen molar-refractivity contribution in [3.63, 3.8) is 0 Å². The van der Waals surface area contributed by atoms with E-state index in [0.717, 1.165) is 42.6 Å². The predicted octanol–water partition coefficient (Wildman–Crippen LogP) is 4.62. The van der Waals surface area contributed by atoms with Crippen LogP contribution in [0.1, 0.15) is 44.1 Å². The molecule has 116 valence electrons. The average molecular weight is 296 g/mol. The van der Waals surface area contributed by atoms with Gasteiger partial charge in [-0.3, -0.25) is 4.79 Å². The molecule has 0 aliphatic heterocycles. The minimum atomic E-state index is -0.630. The van der Waals surface area contributed by atoms with Crippen LogP contribution in [0.25, 0.3) is 6.08 Å². The van der Waals surface area contributed by atoms with E-state index in [1.54, 1.807) is 0 Å². The Bertz CT molecular complexity index is 552. The first-order valence-corrected chi connectivity index (χ1v) is 8.61. The van der Waals surface area contributed by atoms with E-state index in [9.17, 15) is 9.90 Å². The molecule has 4 saturated carbocycles. The molecule has 1 unspecified atom stereocenters. The number of benzene rings is 1. The van der Waals surface area contributed by atoms with Crippen molar-refractivity contribution >= 4 is 12.0 Å². The summed E-state index contributed by atoms with van der Waals surface area (Å²) < 4.78 is 0. The van der Waals surface area contributed by atoms with Gasteiger partial charge in [-0.2, -0.15) is 0 Å². The van der Waals surface area contributed by atoms with Gasteiger partial charge in [0.05, 0.1) is 5.92 Å². The Hall–Kier alpha value is -1.57. The van der Waals surface area contributed by atoms with Crippen LogP contribution in [-0.2, 0) is 4.79 Å². The van der Waals surface area contributed by atoms with Gasteiger partial charge in [0.25, 0.3) is 0 Å². The van der Waals surface area contributed by atoms with Crippen LogP contribution in [0.3, 0.4) is 0 Å². The van der Waals surface area contributed by atoms with Crippen LogP contribution in [-0.4, -0.2) is 11.1 Å². The van der Waals surface area contributed by atoms with Crippen molar-refractivity contribution < 1.29 is 9.90 Å². The highest BCUT2D eigenvalue weighted by Gasteiger charge is 2.55. The molecule has 0 saturated heterocycles. The molecule has 0 aromatic heterocycles. The summed E-state index contributed by atoms with van der Waals surface area (Å²) in [5, 5.41) is 9.86. The monoisotopic (exact) mass is 296 g/mol. The third kappa shape index (κ3) is 2.39. The molecular formula is C20H24O2. The first-order chi connectivity index (χ1) is 10.6. The summed E-state index contributed by atoms with van der Waals surface area (Å²) in [7, 11) is 0. The molecule has 1 aromatic carbocycles. The average Bonchev–Trinajstić information content (AvgIpc) is 2.46. The maximum absolute atomic E-state index is 12.0. The highest BCUT2D eigenvalue weighted by atomic mass is 16.4. The fourth-order valence-electron chi connectivity index (χ4n) is 5.88. The van der Waals surface area contributed by atoms with Gasteiger partial charge in [0.2, 0.25) is 0 Å². The van der Waals surface area contributed by atoms with E-state index in [-0.39, 0.29) is 11.3 Å². The molecule has 0 heterocycles. The lowest BCUT2D eigenvalue weighted by atomic mass is 9.46. The Morgan fingerprint density at radius 3 is 2.09 bits per heavy atom. The van der Waals surface area contributed by atoms with Gasteiger partial charge in [-0.25, -0.2) is 0 Å². The number of carboxylic acid groups (broad SMARTS) is 1. The Morgan fingerprint density at radius 2 is 1.59 bits per heavy atom. The number of carbonyl (C=O) groups is 1. The lowest BCUT2D eigenvalue weighted by molar-refractivity contribution is -0.153. The van der Waals surface area contributed by atoms with Crippen molar-refractivity contribution in [1.82, 2.24) is 0 Å². The van der Waals surface area contributed by atoms with Gasteiger partial charge in [0.15, 0.2) is 0 Å². The van der Waals surface area contributed by atoms with E-state index in [0.29, 0.717) is 0 Å². The number of carboxylic acids is 1. The zero-order valence-electron chi connectivity index (χ0n) is 12.9. The summed E-state index contributed by atoms with van der Waals surface area (Å²) in [6.45, 7) is 0. The van der Waals surface area contributed by atoms with E-state index < -0.39 is 5.97 Å². The van der Waals surface area contributed by atoms with Gasteiger partial charge in [0, 0.05) is 0 Å². The van der Waals surface area contributed by atoms with Gasteiger partial charge in [-0.15, -0.1) is 0 Å². The first-order valence-electron chi connectivity index (χ1n) is 8.61. The SMILES string of the molecule is O=C(O)C(/C=C/c1ccccc1)C12CC3CC(CC(C3)C1)C2. The third-order valence-electron chi connectivity index (χ3n) is 6.29. The van der Waals surface area contributed by atoms with Crippen LogP contribution in [0.4, 0.5) is 0 Å². The lowest BCUT2D eigenvalue weighted by Crippen LogP contribution is -2.50. The van der Waals surface area contributed by atoms with Crippen molar-refractivity contribution in [3.05, 3.63) is 42.0 Å². The summed E-state index contributed by atoms with van der Waals surface area (Å²) in [6, 6.07) is 10.1. The van der Waals surface area contributed by atoms with E-state index >= 15 is 0 Å². The number of aliphatic carboxylic acids is 1. The molecule has 1 atom stereocenters. The van der Waals surface area contributed by atoms with Crippen molar-refractivity contribution in [2.24, 2.45) is 29.1 Å². The fourth-order valence-corrected chi connectivity index (χ4v) is 5.88. The second-order valence-electron chi connectivity index (χ2n) is 7.87. The maximum atomic E-state index is 12.0. The second-order valence-corrected chi connectivity index (χ2v) is 7.87. The normalized spacial score (nSPS) is 37.5. The first kappa shape index (κ1) is 14.0. The highest BCUT2D eigenvalue weighted by Crippen LogP contribution is 2.63. The summed E-state index contributed by atoms with van der Waals surface area (Å²) in [5.74, 6) is 1.42. The van der Waals surface area contributed by atoms with Crippen molar-refractivity contribution in [1.29, 1.82) is 0 Å². The Labute approximate surface area is 132 Å². The molecular weight excluding hydrogens is 272 g/mol. The Balaban J connectivity index is 1.62. The molecule has 1 N–H and O–H groups in total. The fraction of sp³-hybridized carbons (Fsp3) is 0.550. The molecule has 4 bridgehead atoms. The summed E-state index contributed by atoms with van der Waals surface area (Å²) in [4.78, 5) is 12.0. The largest absolute Gasteiger partial charge is 0.481 e. The minimum absolute atomic E-state index is 0.0336. The number of hydrogen-bond acceptors (Lipinski definition) is 1. The van der Waals surface area contributed by atoms with Crippen molar-refractivity contribution in [3.8, 4) is 0 Å². The Kier molecular flexibility index (Phi) is 3.36. The molecule has 5 rings (SSSR count). The molecule has 1 aromatic rings. The van der Waals surface area contributed by atoms with Gasteiger partial charge < -0.3 is 5.11 Å². The quantitative estimate of drug-likeness (QED) is 0.880. The minimum Gasteiger partial charge on any atom is -0.481 e. The Morgan fingerprint density at radius 1 is 1.05 bits per heavy atom. The topological polar surface area (TPSA) is 37.3 Å². The van der Waals surface area contributed by atoms with Crippen LogP contribution in [0.15, 0.2) is 36.4 Å². The molecule has 22 heavy (non-hydrogen) atoms. The lowest BCUT2D eigenvalue weighted by Gasteiger charge is -2.58. The predicted molar refractivity (Wildman–Crippen MR) is 87.2 cm³/mol. The highest BCUT2D eigenvalue weighted by molar-refractivity contribution is 5.75. The third-order valence-corrected chi connectivity index (χ3v) is 6.29. The van der Waals surface area contributed by atoms with Crippen molar-refractivity contribution in [2.45, 2.75) is 38.5 Å². The van der Waals surface area contributed by atoms with Gasteiger partial charge in [-0.05, 0) is 67.3 Å². The smallest absolute Gasteiger partial charge is 0.310 e. The van der Waals surface area contributed by atoms with E-state index in [4.69, 9.17) is 0 Å². The molecule has 4 aliphatic carbocycles. The number of hydrogen-bond donors (Lipinski definition) is 1. The molecule has 4 aliphatic rings. The van der Waals surface area contributed by atoms with Gasteiger partial charge >= 0.3 is 5.97 Å². The molecule has 0 radical (unpaired) electrons. The van der Waals surface area contributed by atoms with Crippen molar-refractivity contribution in [2.75, 3.05) is 0 Å². The zero-order valence-corrected chi connectivity index (χ0v) is 12.9. The van der Waals surface area contributed by atoms with Crippen LogP contribution >= 0.6 is 0 Å². The maximum Gasteiger partial charge on any atom is 0.310 e. The molecule has 0 amide bonds. The van der Waals surface area contributed by atoms with E-state index in [1.807, 2.05) is 42.5 Å². The summed E-state index contributed by atoms with van der Waals surface area (Å²) >= 11 is 0. The molecule has 0 spiro atoms. The van der Waals surface area contributed by atoms with E-state index in [2.05, 4.69) is 0 Å². The zero-order chi connectivity index (χ0) is 15.2. The summed E-state index contributed by atoms with van der Waals surface area (Å²) in [5.41, 5.74) is 1.13. The van der Waals surface area contributed by atoms with Crippen LogP contribution in [0, 0.1) is 29.1 Å². The van der Waals surface area contributed by atoms with E-state index in [1.165, 1.54) is 19.3 Å². The summed E-state index contributed by atoms with van der Waals surface area (Å²) in [6.07, 6.45) is 11.5. The van der Waals surface area contributed by atoms with Gasteiger partial charge in [0.1, 0.15) is 0 Å². The molecule has 4 fully saturated rings. The van der Waals surface area contributed by atoms with Crippen LogP contribution < -0.4 is 0 Å². The van der Waals surface area contributed by atoms with Gasteiger partial charge in [-0.1, -0.05) is 42.5 Å².